The van der Waals surface area contributed by atoms with E-state index in [4.69, 9.17) is 16.3 Å². The van der Waals surface area contributed by atoms with E-state index in [0.717, 1.165) is 29.5 Å². The van der Waals surface area contributed by atoms with Gasteiger partial charge >= 0.3 is 0 Å². The number of amides is 2. The van der Waals surface area contributed by atoms with Crippen molar-refractivity contribution < 1.29 is 14.3 Å². The smallest absolute Gasteiger partial charge is 0.261 e. The van der Waals surface area contributed by atoms with Crippen LogP contribution in [0.1, 0.15) is 43.4 Å². The first kappa shape index (κ1) is 23.7. The van der Waals surface area contributed by atoms with Gasteiger partial charge in [-0.25, -0.2) is 0 Å². The Labute approximate surface area is 184 Å². The summed E-state index contributed by atoms with van der Waals surface area (Å²) in [6.45, 7) is 8.42. The molecule has 2 rings (SSSR count). The Morgan fingerprint density at radius 2 is 1.80 bits per heavy atom. The van der Waals surface area contributed by atoms with Crippen molar-refractivity contribution in [2.75, 3.05) is 13.2 Å². The van der Waals surface area contributed by atoms with Crippen LogP contribution in [0, 0.1) is 13.8 Å². The summed E-state index contributed by atoms with van der Waals surface area (Å²) in [5.74, 6) is 0.182. The first-order valence-corrected chi connectivity index (χ1v) is 10.7. The normalized spacial score (nSPS) is 11.6. The van der Waals surface area contributed by atoms with Crippen molar-refractivity contribution in [2.24, 2.45) is 0 Å². The lowest BCUT2D eigenvalue weighted by atomic mass is 10.1. The number of nitrogens with one attached hydrogen (secondary N) is 1. The largest absolute Gasteiger partial charge is 0.484 e. The van der Waals surface area contributed by atoms with Crippen molar-refractivity contribution in [3.8, 4) is 5.75 Å². The molecule has 2 aromatic rings. The van der Waals surface area contributed by atoms with Gasteiger partial charge in [-0.2, -0.15) is 0 Å². The van der Waals surface area contributed by atoms with Crippen LogP contribution in [-0.4, -0.2) is 35.9 Å². The lowest BCUT2D eigenvalue weighted by molar-refractivity contribution is -0.142. The number of ether oxygens (including phenoxy) is 1. The second kappa shape index (κ2) is 11.6. The lowest BCUT2D eigenvalue weighted by Crippen LogP contribution is -2.49. The van der Waals surface area contributed by atoms with Crippen LogP contribution in [0.2, 0.25) is 5.02 Å². The van der Waals surface area contributed by atoms with Gasteiger partial charge in [0.25, 0.3) is 5.91 Å². The van der Waals surface area contributed by atoms with Gasteiger partial charge in [-0.15, -0.1) is 0 Å². The fourth-order valence-electron chi connectivity index (χ4n) is 3.17. The van der Waals surface area contributed by atoms with E-state index in [1.807, 2.05) is 50.2 Å². The van der Waals surface area contributed by atoms with Crippen LogP contribution in [0.5, 0.6) is 5.75 Å². The third-order valence-corrected chi connectivity index (χ3v) is 5.22. The number of unbranched alkanes of at least 4 members (excludes halogenated alkanes) is 1. The van der Waals surface area contributed by atoms with Crippen molar-refractivity contribution in [1.82, 2.24) is 10.2 Å². The molecule has 0 bridgehead atoms. The summed E-state index contributed by atoms with van der Waals surface area (Å²) < 4.78 is 5.75. The first-order valence-electron chi connectivity index (χ1n) is 10.3. The molecule has 0 fully saturated rings. The summed E-state index contributed by atoms with van der Waals surface area (Å²) in [7, 11) is 0. The number of hydrogen-bond acceptors (Lipinski definition) is 3. The number of benzene rings is 2. The number of rotatable bonds is 10. The van der Waals surface area contributed by atoms with Gasteiger partial charge in [-0.3, -0.25) is 9.59 Å². The molecule has 0 spiro atoms. The molecule has 6 heteroatoms. The van der Waals surface area contributed by atoms with Gasteiger partial charge in [0.05, 0.1) is 0 Å². The topological polar surface area (TPSA) is 58.6 Å². The van der Waals surface area contributed by atoms with Crippen LogP contribution >= 0.6 is 11.6 Å². The maximum absolute atomic E-state index is 13.1. The van der Waals surface area contributed by atoms with Crippen molar-refractivity contribution in [2.45, 2.75) is 53.1 Å². The summed E-state index contributed by atoms with van der Waals surface area (Å²) in [4.78, 5) is 27.2. The molecule has 1 N–H and O–H groups in total. The molecule has 0 heterocycles. The highest BCUT2D eigenvalue weighted by molar-refractivity contribution is 6.31. The molecular weight excluding hydrogens is 400 g/mol. The van der Waals surface area contributed by atoms with E-state index in [2.05, 4.69) is 12.2 Å². The van der Waals surface area contributed by atoms with Crippen molar-refractivity contribution in [3.63, 3.8) is 0 Å². The first-order chi connectivity index (χ1) is 14.3. The molecule has 0 aliphatic heterocycles. The molecule has 0 aliphatic rings. The summed E-state index contributed by atoms with van der Waals surface area (Å²) in [6.07, 6.45) is 1.88. The van der Waals surface area contributed by atoms with Gasteiger partial charge in [0, 0.05) is 18.1 Å². The third-order valence-electron chi connectivity index (χ3n) is 4.85. The van der Waals surface area contributed by atoms with E-state index >= 15 is 0 Å². The predicted octanol–water partition coefficient (Wildman–Crippen LogP) is 4.67. The summed E-state index contributed by atoms with van der Waals surface area (Å²) in [5.41, 5.74) is 2.91. The van der Waals surface area contributed by atoms with E-state index in [9.17, 15) is 9.59 Å². The molecule has 162 valence electrons. The minimum Gasteiger partial charge on any atom is -0.484 e. The monoisotopic (exact) mass is 430 g/mol. The second-order valence-electron chi connectivity index (χ2n) is 7.55. The van der Waals surface area contributed by atoms with E-state index in [1.54, 1.807) is 13.0 Å². The Morgan fingerprint density at radius 1 is 1.13 bits per heavy atom. The SMILES string of the molecule is CCCCNC(=O)[C@H](C)N(Cc1ccccc1Cl)C(=O)COc1cc(C)cc(C)c1. The summed E-state index contributed by atoms with van der Waals surface area (Å²) in [6, 6.07) is 12.5. The van der Waals surface area contributed by atoms with Gasteiger partial charge in [-0.05, 0) is 62.1 Å². The Kier molecular flexibility index (Phi) is 9.18. The Morgan fingerprint density at radius 3 is 2.43 bits per heavy atom. The maximum Gasteiger partial charge on any atom is 0.261 e. The number of halogens is 1. The van der Waals surface area contributed by atoms with Crippen molar-refractivity contribution >= 4 is 23.4 Å². The van der Waals surface area contributed by atoms with E-state index < -0.39 is 6.04 Å². The highest BCUT2D eigenvalue weighted by Gasteiger charge is 2.27. The zero-order valence-electron chi connectivity index (χ0n) is 18.2. The Balaban J connectivity index is 2.15. The highest BCUT2D eigenvalue weighted by Crippen LogP contribution is 2.20. The van der Waals surface area contributed by atoms with Gasteiger partial charge in [-0.1, -0.05) is 49.2 Å². The molecule has 0 aliphatic carbocycles. The van der Waals surface area contributed by atoms with Gasteiger partial charge in [0.1, 0.15) is 11.8 Å². The maximum atomic E-state index is 13.1. The lowest BCUT2D eigenvalue weighted by Gasteiger charge is -2.29. The minimum absolute atomic E-state index is 0.153. The fraction of sp³-hybridized carbons (Fsp3) is 0.417. The molecule has 2 aromatic carbocycles. The molecule has 0 saturated carbocycles. The van der Waals surface area contributed by atoms with Crippen LogP contribution in [0.15, 0.2) is 42.5 Å². The molecule has 0 radical (unpaired) electrons. The molecule has 5 nitrogen and oxygen atoms in total. The average molecular weight is 431 g/mol. The van der Waals surface area contributed by atoms with Gasteiger partial charge < -0.3 is 15.0 Å². The van der Waals surface area contributed by atoms with Crippen LogP contribution < -0.4 is 10.1 Å². The molecule has 0 unspecified atom stereocenters. The van der Waals surface area contributed by atoms with Crippen LogP contribution in [0.25, 0.3) is 0 Å². The zero-order chi connectivity index (χ0) is 22.1. The van der Waals surface area contributed by atoms with Crippen molar-refractivity contribution in [3.05, 3.63) is 64.2 Å². The number of hydrogen-bond donors (Lipinski definition) is 1. The summed E-state index contributed by atoms with van der Waals surface area (Å²) in [5, 5.41) is 3.46. The van der Waals surface area contributed by atoms with Gasteiger partial charge in [0.2, 0.25) is 5.91 Å². The summed E-state index contributed by atoms with van der Waals surface area (Å²) >= 11 is 6.30. The number of aryl methyl sites for hydroxylation is 2. The number of nitrogens with zero attached hydrogens (tertiary/aromatic N) is 1. The molecule has 0 aromatic heterocycles. The van der Waals surface area contributed by atoms with E-state index in [-0.39, 0.29) is 25.0 Å². The third kappa shape index (κ3) is 7.06. The molecule has 30 heavy (non-hydrogen) atoms. The molecule has 0 saturated heterocycles. The van der Waals surface area contributed by atoms with Crippen LogP contribution in [-0.2, 0) is 16.1 Å². The van der Waals surface area contributed by atoms with Crippen LogP contribution in [0.3, 0.4) is 0 Å². The zero-order valence-corrected chi connectivity index (χ0v) is 19.0. The Hall–Kier alpha value is -2.53. The quantitative estimate of drug-likeness (QED) is 0.557. The fourth-order valence-corrected chi connectivity index (χ4v) is 3.37. The van der Waals surface area contributed by atoms with Gasteiger partial charge in [0.15, 0.2) is 6.61 Å². The molecular formula is C24H31ClN2O3. The van der Waals surface area contributed by atoms with Crippen LogP contribution in [0.4, 0.5) is 0 Å². The highest BCUT2D eigenvalue weighted by atomic mass is 35.5. The number of carbonyl (C=O) groups excluding carboxylic acids is 2. The Bertz CT molecular complexity index is 849. The molecule has 1 atom stereocenters. The number of carbonyl (C=O) groups is 2. The second-order valence-corrected chi connectivity index (χ2v) is 7.95. The van der Waals surface area contributed by atoms with E-state index in [1.165, 1.54) is 4.90 Å². The average Bonchev–Trinajstić information content (AvgIpc) is 2.70. The van der Waals surface area contributed by atoms with Crippen molar-refractivity contribution in [1.29, 1.82) is 0 Å². The standard InChI is InChI=1S/C24H31ClN2O3/c1-5-6-11-26-24(29)19(4)27(15-20-9-7-8-10-22(20)25)23(28)16-30-21-13-17(2)12-18(3)14-21/h7-10,12-14,19H,5-6,11,15-16H2,1-4H3,(H,26,29)/t19-/m0/s1. The van der Waals surface area contributed by atoms with E-state index in [0.29, 0.717) is 17.3 Å². The minimum atomic E-state index is -0.645. The predicted molar refractivity (Wildman–Crippen MR) is 121 cm³/mol. The molecule has 2 amide bonds.